The van der Waals surface area contributed by atoms with Crippen LogP contribution in [-0.4, -0.2) is 27.2 Å². The smallest absolute Gasteiger partial charge is 0.261 e. The molecular weight excluding hydrogens is 443 g/mol. The summed E-state index contributed by atoms with van der Waals surface area (Å²) in [4.78, 5) is 29.1. The van der Waals surface area contributed by atoms with Crippen LogP contribution in [-0.2, 0) is 11.3 Å². The molecule has 0 saturated carbocycles. The molecule has 2 aromatic heterocycles. The number of aryl methyl sites for hydroxylation is 1. The van der Waals surface area contributed by atoms with Gasteiger partial charge in [0.1, 0.15) is 0 Å². The van der Waals surface area contributed by atoms with Crippen molar-refractivity contribution in [3.05, 3.63) is 63.3 Å². The van der Waals surface area contributed by atoms with E-state index < -0.39 is 0 Å². The molecule has 0 atom stereocenters. The highest BCUT2D eigenvalue weighted by Gasteiger charge is 2.10. The number of hydrogen-bond donors (Lipinski definition) is 2. The number of nitrogens with zero attached hydrogens (tertiary/aromatic N) is 2. The lowest BCUT2D eigenvalue weighted by Gasteiger charge is -2.10. The van der Waals surface area contributed by atoms with E-state index in [1.165, 1.54) is 11.3 Å². The van der Waals surface area contributed by atoms with Gasteiger partial charge in [0.15, 0.2) is 0 Å². The van der Waals surface area contributed by atoms with Crippen molar-refractivity contribution >= 4 is 52.0 Å². The molecule has 0 spiro atoms. The summed E-state index contributed by atoms with van der Waals surface area (Å²) in [6.45, 7) is 2.26. The first kappa shape index (κ1) is 22.3. The van der Waals surface area contributed by atoms with Gasteiger partial charge in [-0.2, -0.15) is 0 Å². The summed E-state index contributed by atoms with van der Waals surface area (Å²) in [5, 5.41) is 5.78. The molecule has 0 fully saturated rings. The fraction of sp³-hybridized carbons (Fsp3) is 0.286. The second-order valence-corrected chi connectivity index (χ2v) is 8.85. The van der Waals surface area contributed by atoms with Gasteiger partial charge >= 0.3 is 0 Å². The molecule has 9 heteroatoms. The first-order valence-corrected chi connectivity index (χ1v) is 11.2. The average Bonchev–Trinajstić information content (AvgIpc) is 3.37. The molecule has 2 heterocycles. The molecule has 3 aromatic rings. The van der Waals surface area contributed by atoms with Crippen LogP contribution in [0, 0.1) is 6.92 Å². The standard InChI is InChI=1S/C21H22Cl2N4O2S/c1-14-10-16(5-6-17(14)26-20(28)4-2-3-9-22)27-12-15(25-13-27)11-24-21(29)18-7-8-19(23)30-18/h5-8,10,12-13H,2-4,9,11H2,1H3,(H,24,29)(H,26,28). The van der Waals surface area contributed by atoms with Crippen molar-refractivity contribution in [2.75, 3.05) is 11.2 Å². The van der Waals surface area contributed by atoms with Gasteiger partial charge in [-0.15, -0.1) is 22.9 Å². The molecule has 0 saturated heterocycles. The molecule has 0 aliphatic carbocycles. The number of alkyl halides is 1. The molecule has 1 aromatic carbocycles. The first-order chi connectivity index (χ1) is 14.5. The van der Waals surface area contributed by atoms with Crippen molar-refractivity contribution in [2.45, 2.75) is 32.7 Å². The minimum absolute atomic E-state index is 0.0105. The lowest BCUT2D eigenvalue weighted by atomic mass is 10.1. The number of hydrogen-bond acceptors (Lipinski definition) is 4. The number of benzene rings is 1. The van der Waals surface area contributed by atoms with Crippen molar-refractivity contribution in [3.8, 4) is 5.69 Å². The largest absolute Gasteiger partial charge is 0.346 e. The molecule has 30 heavy (non-hydrogen) atoms. The maximum Gasteiger partial charge on any atom is 0.261 e. The summed E-state index contributed by atoms with van der Waals surface area (Å²) in [6.07, 6.45) is 5.63. The Balaban J connectivity index is 1.59. The van der Waals surface area contributed by atoms with Crippen LogP contribution < -0.4 is 10.6 Å². The van der Waals surface area contributed by atoms with Crippen LogP contribution in [0.5, 0.6) is 0 Å². The highest BCUT2D eigenvalue weighted by Crippen LogP contribution is 2.22. The average molecular weight is 465 g/mol. The van der Waals surface area contributed by atoms with E-state index in [9.17, 15) is 9.59 Å². The van der Waals surface area contributed by atoms with E-state index in [0.29, 0.717) is 28.1 Å². The van der Waals surface area contributed by atoms with Gasteiger partial charge in [0.2, 0.25) is 5.91 Å². The molecule has 0 aliphatic rings. The molecule has 3 rings (SSSR count). The van der Waals surface area contributed by atoms with Gasteiger partial charge in [0, 0.05) is 29.9 Å². The Morgan fingerprint density at radius 1 is 1.20 bits per heavy atom. The maximum absolute atomic E-state index is 12.1. The fourth-order valence-electron chi connectivity index (χ4n) is 2.83. The summed E-state index contributed by atoms with van der Waals surface area (Å²) in [5.41, 5.74) is 3.40. The van der Waals surface area contributed by atoms with Gasteiger partial charge in [-0.3, -0.25) is 9.59 Å². The number of amides is 2. The van der Waals surface area contributed by atoms with Crippen LogP contribution in [0.3, 0.4) is 0 Å². The highest BCUT2D eigenvalue weighted by molar-refractivity contribution is 7.17. The van der Waals surface area contributed by atoms with Gasteiger partial charge in [-0.05, 0) is 55.7 Å². The number of anilines is 1. The number of rotatable bonds is 9. The summed E-state index contributed by atoms with van der Waals surface area (Å²) in [7, 11) is 0. The molecule has 2 N–H and O–H groups in total. The topological polar surface area (TPSA) is 76.0 Å². The van der Waals surface area contributed by atoms with Crippen LogP contribution in [0.1, 0.15) is 40.2 Å². The van der Waals surface area contributed by atoms with Crippen molar-refractivity contribution in [2.24, 2.45) is 0 Å². The Bertz CT molecular complexity index is 1030. The SMILES string of the molecule is Cc1cc(-n2cnc(CNC(=O)c3ccc(Cl)s3)c2)ccc1NC(=O)CCCCCl. The number of carbonyl (C=O) groups is 2. The van der Waals surface area contributed by atoms with Gasteiger partial charge in [0.25, 0.3) is 5.91 Å². The predicted molar refractivity (Wildman–Crippen MR) is 122 cm³/mol. The number of carbonyl (C=O) groups excluding carboxylic acids is 2. The third kappa shape index (κ3) is 6.08. The zero-order chi connectivity index (χ0) is 21.5. The molecular formula is C21H22Cl2N4O2S. The third-order valence-corrected chi connectivity index (χ3v) is 5.93. The van der Waals surface area contributed by atoms with E-state index in [1.807, 2.05) is 35.9 Å². The second-order valence-electron chi connectivity index (χ2n) is 6.75. The second kappa shape index (κ2) is 10.6. The van der Waals surface area contributed by atoms with E-state index in [2.05, 4.69) is 15.6 Å². The van der Waals surface area contributed by atoms with Crippen molar-refractivity contribution in [1.82, 2.24) is 14.9 Å². The normalized spacial score (nSPS) is 10.8. The fourth-order valence-corrected chi connectivity index (χ4v) is 3.98. The number of thiophene rings is 1. The minimum Gasteiger partial charge on any atom is -0.346 e. The van der Waals surface area contributed by atoms with Crippen LogP contribution in [0.15, 0.2) is 42.9 Å². The summed E-state index contributed by atoms with van der Waals surface area (Å²) in [5.74, 6) is 0.382. The van der Waals surface area contributed by atoms with Crippen LogP contribution in [0.25, 0.3) is 5.69 Å². The third-order valence-electron chi connectivity index (χ3n) is 4.43. The zero-order valence-electron chi connectivity index (χ0n) is 16.5. The molecule has 6 nitrogen and oxygen atoms in total. The van der Waals surface area contributed by atoms with Gasteiger partial charge in [-0.1, -0.05) is 11.6 Å². The van der Waals surface area contributed by atoms with E-state index in [4.69, 9.17) is 23.2 Å². The molecule has 0 radical (unpaired) electrons. The Morgan fingerprint density at radius 2 is 2.03 bits per heavy atom. The summed E-state index contributed by atoms with van der Waals surface area (Å²) >= 11 is 12.8. The van der Waals surface area contributed by atoms with E-state index in [1.54, 1.807) is 18.5 Å². The Morgan fingerprint density at radius 3 is 2.73 bits per heavy atom. The van der Waals surface area contributed by atoms with Crippen LogP contribution >= 0.6 is 34.5 Å². The van der Waals surface area contributed by atoms with E-state index in [-0.39, 0.29) is 11.8 Å². The summed E-state index contributed by atoms with van der Waals surface area (Å²) in [6, 6.07) is 9.17. The maximum atomic E-state index is 12.1. The first-order valence-electron chi connectivity index (χ1n) is 9.49. The monoisotopic (exact) mass is 464 g/mol. The molecule has 0 aliphatic heterocycles. The Kier molecular flexibility index (Phi) is 7.90. The van der Waals surface area contributed by atoms with E-state index >= 15 is 0 Å². The number of nitrogens with one attached hydrogen (secondary N) is 2. The number of imidazole rings is 1. The molecule has 2 amide bonds. The van der Waals surface area contributed by atoms with Gasteiger partial charge in [0.05, 0.1) is 27.8 Å². The van der Waals surface area contributed by atoms with E-state index in [0.717, 1.165) is 35.5 Å². The number of halogens is 2. The molecule has 0 unspecified atom stereocenters. The number of unbranched alkanes of at least 4 members (excludes halogenated alkanes) is 1. The van der Waals surface area contributed by atoms with Crippen molar-refractivity contribution in [1.29, 1.82) is 0 Å². The quantitative estimate of drug-likeness (QED) is 0.338. The molecule has 0 bridgehead atoms. The van der Waals surface area contributed by atoms with Crippen LogP contribution in [0.4, 0.5) is 5.69 Å². The summed E-state index contributed by atoms with van der Waals surface area (Å²) < 4.78 is 2.46. The van der Waals surface area contributed by atoms with Gasteiger partial charge in [-0.25, -0.2) is 4.98 Å². The highest BCUT2D eigenvalue weighted by atomic mass is 35.5. The lowest BCUT2D eigenvalue weighted by Crippen LogP contribution is -2.21. The van der Waals surface area contributed by atoms with Crippen molar-refractivity contribution < 1.29 is 9.59 Å². The van der Waals surface area contributed by atoms with Crippen molar-refractivity contribution in [3.63, 3.8) is 0 Å². The predicted octanol–water partition coefficient (Wildman–Crippen LogP) is 5.17. The van der Waals surface area contributed by atoms with Crippen LogP contribution in [0.2, 0.25) is 4.34 Å². The Labute approximate surface area is 189 Å². The minimum atomic E-state index is -0.177. The lowest BCUT2D eigenvalue weighted by molar-refractivity contribution is -0.116. The number of aromatic nitrogens is 2. The zero-order valence-corrected chi connectivity index (χ0v) is 18.8. The molecule has 158 valence electrons. The Hall–Kier alpha value is -2.35. The van der Waals surface area contributed by atoms with Gasteiger partial charge < -0.3 is 15.2 Å².